The molecule has 0 radical (unpaired) electrons. The first-order valence-electron chi connectivity index (χ1n) is 8.13. The highest BCUT2D eigenvalue weighted by Gasteiger charge is 2.33. The second-order valence-corrected chi connectivity index (χ2v) is 6.43. The largest absolute Gasteiger partial charge is 0.366 e. The highest BCUT2D eigenvalue weighted by molar-refractivity contribution is 5.80. The lowest BCUT2D eigenvalue weighted by molar-refractivity contribution is -0.137. The van der Waals surface area contributed by atoms with Gasteiger partial charge in [-0.05, 0) is 26.7 Å². The van der Waals surface area contributed by atoms with Crippen LogP contribution in [0.1, 0.15) is 29.8 Å². The van der Waals surface area contributed by atoms with Crippen LogP contribution in [-0.4, -0.2) is 58.3 Å². The number of likely N-dealkylation sites (tertiary alicyclic amines) is 1. The van der Waals surface area contributed by atoms with E-state index >= 15 is 0 Å². The van der Waals surface area contributed by atoms with E-state index in [2.05, 4.69) is 10.4 Å². The lowest BCUT2D eigenvalue weighted by atomic mass is 10.0. The molecule has 0 aromatic carbocycles. The minimum absolute atomic E-state index is 0.0207. The van der Waals surface area contributed by atoms with E-state index in [-0.39, 0.29) is 30.6 Å². The Hall–Kier alpha value is -1.89. The third kappa shape index (κ3) is 3.24. The molecule has 0 aliphatic carbocycles. The van der Waals surface area contributed by atoms with E-state index in [1.165, 1.54) is 0 Å². The molecule has 1 aromatic heterocycles. The molecule has 0 spiro atoms. The fraction of sp³-hybridized carbons (Fsp3) is 0.688. The summed E-state index contributed by atoms with van der Waals surface area (Å²) in [5.41, 5.74) is 2.97. The molecule has 0 saturated carbocycles. The van der Waals surface area contributed by atoms with Crippen molar-refractivity contribution in [2.75, 3.05) is 19.7 Å². The summed E-state index contributed by atoms with van der Waals surface area (Å²) in [4.78, 5) is 26.0. The number of aryl methyl sites for hydroxylation is 2. The maximum absolute atomic E-state index is 12.7. The fourth-order valence-electron chi connectivity index (χ4n) is 3.46. The summed E-state index contributed by atoms with van der Waals surface area (Å²) in [5.74, 6) is 0.0572. The van der Waals surface area contributed by atoms with Crippen molar-refractivity contribution < 1.29 is 14.3 Å². The van der Waals surface area contributed by atoms with Crippen LogP contribution in [-0.2, 0) is 27.8 Å². The molecule has 2 atom stereocenters. The van der Waals surface area contributed by atoms with Crippen molar-refractivity contribution in [3.8, 4) is 0 Å². The van der Waals surface area contributed by atoms with Crippen LogP contribution >= 0.6 is 0 Å². The molecule has 7 nitrogen and oxygen atoms in total. The van der Waals surface area contributed by atoms with E-state index in [1.54, 1.807) is 0 Å². The van der Waals surface area contributed by atoms with E-state index in [4.69, 9.17) is 4.74 Å². The normalized spacial score (nSPS) is 24.8. The smallest absolute Gasteiger partial charge is 0.246 e. The molecule has 2 fully saturated rings. The number of hydrogen-bond acceptors (Lipinski definition) is 4. The molecule has 23 heavy (non-hydrogen) atoms. The quantitative estimate of drug-likeness (QED) is 0.838. The van der Waals surface area contributed by atoms with E-state index < -0.39 is 0 Å². The molecule has 1 aromatic rings. The number of nitrogens with one attached hydrogen (secondary N) is 1. The van der Waals surface area contributed by atoms with E-state index in [1.807, 2.05) is 30.5 Å². The number of morpholine rings is 1. The highest BCUT2D eigenvalue weighted by Crippen LogP contribution is 2.20. The van der Waals surface area contributed by atoms with Gasteiger partial charge in [0.05, 0.1) is 24.3 Å². The number of carbonyl (C=O) groups excluding carboxylic acids is 2. The first kappa shape index (κ1) is 16.0. The van der Waals surface area contributed by atoms with Crippen molar-refractivity contribution in [1.82, 2.24) is 20.0 Å². The van der Waals surface area contributed by atoms with Crippen LogP contribution in [0.4, 0.5) is 0 Å². The standard InChI is InChI=1S/C16H24N4O3/c1-10-12(11(2)19(3)18-10)8-16(22)20-6-4-13-14(5-7-20)23-9-15(21)17-13/h13-14H,4-9H2,1-3H3,(H,17,21)/t13-,14-/m0/s1. The molecule has 0 unspecified atom stereocenters. The Morgan fingerprint density at radius 1 is 1.35 bits per heavy atom. The van der Waals surface area contributed by atoms with Crippen molar-refractivity contribution in [1.29, 1.82) is 0 Å². The van der Waals surface area contributed by atoms with Crippen LogP contribution in [0.3, 0.4) is 0 Å². The first-order chi connectivity index (χ1) is 11.0. The SMILES string of the molecule is Cc1nn(C)c(C)c1CC(=O)N1CC[C@@H]2NC(=O)CO[C@H]2CC1. The van der Waals surface area contributed by atoms with Gasteiger partial charge in [0.2, 0.25) is 11.8 Å². The zero-order valence-corrected chi connectivity index (χ0v) is 14.0. The number of aromatic nitrogens is 2. The molecule has 2 amide bonds. The summed E-state index contributed by atoms with van der Waals surface area (Å²) >= 11 is 0. The molecular weight excluding hydrogens is 296 g/mol. The Morgan fingerprint density at radius 2 is 2.09 bits per heavy atom. The lowest BCUT2D eigenvalue weighted by Crippen LogP contribution is -2.51. The van der Waals surface area contributed by atoms with Gasteiger partial charge >= 0.3 is 0 Å². The monoisotopic (exact) mass is 320 g/mol. The minimum Gasteiger partial charge on any atom is -0.366 e. The maximum atomic E-state index is 12.7. The summed E-state index contributed by atoms with van der Waals surface area (Å²) in [6, 6.07) is 0.0240. The summed E-state index contributed by atoms with van der Waals surface area (Å²) in [5, 5.41) is 7.35. The Kier molecular flexibility index (Phi) is 4.39. The van der Waals surface area contributed by atoms with Gasteiger partial charge in [-0.1, -0.05) is 0 Å². The van der Waals surface area contributed by atoms with Crippen molar-refractivity contribution >= 4 is 11.8 Å². The van der Waals surface area contributed by atoms with E-state index in [9.17, 15) is 9.59 Å². The first-order valence-corrected chi connectivity index (χ1v) is 8.13. The van der Waals surface area contributed by atoms with Gasteiger partial charge < -0.3 is 15.0 Å². The molecular formula is C16H24N4O3. The summed E-state index contributed by atoms with van der Waals surface area (Å²) in [7, 11) is 1.90. The van der Waals surface area contributed by atoms with Crippen LogP contribution in [0, 0.1) is 13.8 Å². The molecule has 2 saturated heterocycles. The average Bonchev–Trinajstić information content (AvgIpc) is 2.70. The zero-order valence-electron chi connectivity index (χ0n) is 14.0. The summed E-state index contributed by atoms with van der Waals surface area (Å²) in [6.07, 6.45) is 1.91. The molecule has 0 bridgehead atoms. The fourth-order valence-corrected chi connectivity index (χ4v) is 3.46. The van der Waals surface area contributed by atoms with Crippen molar-refractivity contribution in [2.45, 2.75) is 45.3 Å². The lowest BCUT2D eigenvalue weighted by Gasteiger charge is -2.30. The molecule has 1 N–H and O–H groups in total. The molecule has 3 heterocycles. The summed E-state index contributed by atoms with van der Waals surface area (Å²) in [6.45, 7) is 5.39. The third-order valence-electron chi connectivity index (χ3n) is 4.96. The van der Waals surface area contributed by atoms with Gasteiger partial charge in [-0.15, -0.1) is 0 Å². The summed E-state index contributed by atoms with van der Waals surface area (Å²) < 4.78 is 7.42. The van der Waals surface area contributed by atoms with Gasteiger partial charge in [-0.2, -0.15) is 5.10 Å². The number of carbonyl (C=O) groups is 2. The molecule has 7 heteroatoms. The Morgan fingerprint density at radius 3 is 2.78 bits per heavy atom. The van der Waals surface area contributed by atoms with Gasteiger partial charge in [0.25, 0.3) is 0 Å². The molecule has 126 valence electrons. The number of amides is 2. The van der Waals surface area contributed by atoms with Crippen LogP contribution in [0.25, 0.3) is 0 Å². The van der Waals surface area contributed by atoms with Gasteiger partial charge in [0.15, 0.2) is 0 Å². The van der Waals surface area contributed by atoms with Crippen LogP contribution in [0.5, 0.6) is 0 Å². The number of ether oxygens (including phenoxy) is 1. The number of nitrogens with zero attached hydrogens (tertiary/aromatic N) is 3. The predicted molar refractivity (Wildman–Crippen MR) is 83.9 cm³/mol. The minimum atomic E-state index is -0.0624. The number of hydrogen-bond donors (Lipinski definition) is 1. The van der Waals surface area contributed by atoms with Crippen LogP contribution in [0.2, 0.25) is 0 Å². The van der Waals surface area contributed by atoms with Gasteiger partial charge in [0, 0.05) is 31.4 Å². The van der Waals surface area contributed by atoms with E-state index in [0.29, 0.717) is 19.5 Å². The topological polar surface area (TPSA) is 76.5 Å². The van der Waals surface area contributed by atoms with Crippen LogP contribution in [0.15, 0.2) is 0 Å². The Balaban J connectivity index is 1.65. The van der Waals surface area contributed by atoms with Gasteiger partial charge in [-0.3, -0.25) is 14.3 Å². The van der Waals surface area contributed by atoms with Crippen molar-refractivity contribution in [3.63, 3.8) is 0 Å². The average molecular weight is 320 g/mol. The van der Waals surface area contributed by atoms with Crippen LogP contribution < -0.4 is 5.32 Å². The third-order valence-corrected chi connectivity index (χ3v) is 4.96. The second-order valence-electron chi connectivity index (χ2n) is 6.43. The van der Waals surface area contributed by atoms with Crippen molar-refractivity contribution in [2.24, 2.45) is 7.05 Å². The van der Waals surface area contributed by atoms with Gasteiger partial charge in [0.1, 0.15) is 6.61 Å². The number of fused-ring (bicyclic) bond motifs is 1. The van der Waals surface area contributed by atoms with Gasteiger partial charge in [-0.25, -0.2) is 0 Å². The maximum Gasteiger partial charge on any atom is 0.246 e. The Bertz CT molecular complexity index is 625. The second kappa shape index (κ2) is 6.31. The van der Waals surface area contributed by atoms with Crippen molar-refractivity contribution in [3.05, 3.63) is 17.0 Å². The highest BCUT2D eigenvalue weighted by atomic mass is 16.5. The Labute approximate surface area is 136 Å². The molecule has 3 rings (SSSR count). The molecule has 2 aliphatic heterocycles. The molecule has 2 aliphatic rings. The van der Waals surface area contributed by atoms with E-state index in [0.717, 1.165) is 29.8 Å². The zero-order chi connectivity index (χ0) is 16.6. The predicted octanol–water partition coefficient (Wildman–Crippen LogP) is 0.0854. The number of rotatable bonds is 2.